The molecule has 1 amide bonds. The second-order valence-corrected chi connectivity index (χ2v) is 6.08. The van der Waals surface area contributed by atoms with Crippen LogP contribution in [0.2, 0.25) is 0 Å². The topological polar surface area (TPSA) is 45.2 Å². The first-order valence-electron chi connectivity index (χ1n) is 8.34. The number of carbonyl (C=O) groups excluding carboxylic acids is 1. The molecule has 2 saturated heterocycles. The molecule has 0 N–H and O–H groups in total. The van der Waals surface area contributed by atoms with E-state index in [2.05, 4.69) is 9.80 Å². The summed E-state index contributed by atoms with van der Waals surface area (Å²) in [5.41, 5.74) is 1.68. The summed E-state index contributed by atoms with van der Waals surface area (Å²) in [7, 11) is 1.40. The fourth-order valence-corrected chi connectivity index (χ4v) is 3.29. The molecule has 2 aliphatic rings. The molecule has 0 spiro atoms. The van der Waals surface area contributed by atoms with Crippen LogP contribution in [0.25, 0.3) is 0 Å². The molecule has 6 nitrogen and oxygen atoms in total. The molecule has 0 aliphatic carbocycles. The highest BCUT2D eigenvalue weighted by Crippen LogP contribution is 2.27. The Hall–Kier alpha value is -1.86. The lowest BCUT2D eigenvalue weighted by molar-refractivity contribution is 0.0888. The van der Waals surface area contributed by atoms with Crippen molar-refractivity contribution < 1.29 is 18.7 Å². The monoisotopic (exact) mass is 337 g/mol. The van der Waals surface area contributed by atoms with Gasteiger partial charge in [-0.1, -0.05) is 12.1 Å². The highest BCUT2D eigenvalue weighted by Gasteiger charge is 2.24. The minimum atomic E-state index is -0.283. The number of hydrogen-bond donors (Lipinski definition) is 0. The summed E-state index contributed by atoms with van der Waals surface area (Å²) in [6.45, 7) is 6.15. The van der Waals surface area contributed by atoms with E-state index in [1.165, 1.54) is 13.2 Å². The van der Waals surface area contributed by atoms with Crippen LogP contribution in [-0.2, 0) is 16.0 Å². The molecule has 3 rings (SSSR count). The Bertz CT molecular complexity index is 570. The molecule has 24 heavy (non-hydrogen) atoms. The van der Waals surface area contributed by atoms with Crippen molar-refractivity contribution >= 4 is 11.8 Å². The van der Waals surface area contributed by atoms with Gasteiger partial charge in [-0.15, -0.1) is 0 Å². The maximum absolute atomic E-state index is 14.4. The minimum absolute atomic E-state index is 0.178. The van der Waals surface area contributed by atoms with Gasteiger partial charge in [0, 0.05) is 45.8 Å². The molecule has 2 aliphatic heterocycles. The van der Waals surface area contributed by atoms with E-state index in [-0.39, 0.29) is 11.9 Å². The van der Waals surface area contributed by atoms with Crippen LogP contribution in [0.1, 0.15) is 5.56 Å². The van der Waals surface area contributed by atoms with Crippen LogP contribution < -0.4 is 4.90 Å². The maximum Gasteiger partial charge on any atom is 0.409 e. The number of halogens is 1. The molecule has 2 heterocycles. The van der Waals surface area contributed by atoms with E-state index >= 15 is 0 Å². The fraction of sp³-hybridized carbons (Fsp3) is 0.588. The number of amides is 1. The number of para-hydroxylation sites is 1. The first-order valence-corrected chi connectivity index (χ1v) is 8.34. The molecule has 1 aromatic rings. The van der Waals surface area contributed by atoms with Crippen molar-refractivity contribution in [3.8, 4) is 0 Å². The first kappa shape index (κ1) is 17.0. The van der Waals surface area contributed by atoms with Gasteiger partial charge in [0.1, 0.15) is 5.82 Å². The average molecular weight is 337 g/mol. The van der Waals surface area contributed by atoms with Gasteiger partial charge in [0.15, 0.2) is 0 Å². The summed E-state index contributed by atoms with van der Waals surface area (Å²) >= 11 is 0. The Labute approximate surface area is 141 Å². The Kier molecular flexibility index (Phi) is 5.52. The number of carbonyl (C=O) groups is 1. The van der Waals surface area contributed by atoms with Gasteiger partial charge in [-0.2, -0.15) is 0 Å². The number of morpholine rings is 1. The molecule has 7 heteroatoms. The SMILES string of the molecule is COC(=O)N1CCN(Cc2cccc(F)c2N2CCOCC2)CC1. The van der Waals surface area contributed by atoms with Crippen molar-refractivity contribution in [1.82, 2.24) is 9.80 Å². The van der Waals surface area contributed by atoms with Gasteiger partial charge >= 0.3 is 6.09 Å². The van der Waals surface area contributed by atoms with Crippen molar-refractivity contribution in [1.29, 1.82) is 0 Å². The Balaban J connectivity index is 1.67. The molecule has 0 unspecified atom stereocenters. The lowest BCUT2D eigenvalue weighted by Crippen LogP contribution is -2.48. The van der Waals surface area contributed by atoms with E-state index in [4.69, 9.17) is 9.47 Å². The zero-order valence-electron chi connectivity index (χ0n) is 14.0. The third-order valence-corrected chi connectivity index (χ3v) is 4.60. The second-order valence-electron chi connectivity index (χ2n) is 6.08. The summed E-state index contributed by atoms with van der Waals surface area (Å²) in [5, 5.41) is 0. The van der Waals surface area contributed by atoms with Gasteiger partial charge in [-0.3, -0.25) is 4.90 Å². The molecule has 0 atom stereocenters. The second kappa shape index (κ2) is 7.81. The summed E-state index contributed by atoms with van der Waals surface area (Å²) in [4.78, 5) is 17.6. The smallest absolute Gasteiger partial charge is 0.409 e. The highest BCUT2D eigenvalue weighted by molar-refractivity contribution is 5.67. The molecule has 132 valence electrons. The van der Waals surface area contributed by atoms with Crippen LogP contribution >= 0.6 is 0 Å². The average Bonchev–Trinajstić information content (AvgIpc) is 2.62. The van der Waals surface area contributed by atoms with Crippen LogP contribution in [0, 0.1) is 5.82 Å². The standard InChI is InChI=1S/C17H24FN3O3/c1-23-17(22)21-7-5-19(6-8-21)13-14-3-2-4-15(18)16(14)20-9-11-24-12-10-20/h2-4H,5-13H2,1H3. The predicted molar refractivity (Wildman–Crippen MR) is 88.7 cm³/mol. The summed E-state index contributed by atoms with van der Waals surface area (Å²) < 4.78 is 24.6. The van der Waals surface area contributed by atoms with Crippen molar-refractivity contribution in [3.63, 3.8) is 0 Å². The Morgan fingerprint density at radius 2 is 1.88 bits per heavy atom. The van der Waals surface area contributed by atoms with Crippen LogP contribution in [0.3, 0.4) is 0 Å². The number of benzene rings is 1. The highest BCUT2D eigenvalue weighted by atomic mass is 19.1. The van der Waals surface area contributed by atoms with E-state index in [1.54, 1.807) is 11.0 Å². The third kappa shape index (κ3) is 3.79. The molecular weight excluding hydrogens is 313 g/mol. The quantitative estimate of drug-likeness (QED) is 0.837. The van der Waals surface area contributed by atoms with Crippen molar-refractivity contribution in [2.24, 2.45) is 0 Å². The predicted octanol–water partition coefficient (Wildman–Crippen LogP) is 1.55. The number of anilines is 1. The van der Waals surface area contributed by atoms with Gasteiger partial charge in [0.25, 0.3) is 0 Å². The number of nitrogens with zero attached hydrogens (tertiary/aromatic N) is 3. The Morgan fingerprint density at radius 3 is 2.54 bits per heavy atom. The lowest BCUT2D eigenvalue weighted by Gasteiger charge is -2.35. The van der Waals surface area contributed by atoms with Crippen LogP contribution in [-0.4, -0.2) is 75.5 Å². The van der Waals surface area contributed by atoms with Crippen LogP contribution in [0.5, 0.6) is 0 Å². The molecule has 0 saturated carbocycles. The summed E-state index contributed by atoms with van der Waals surface area (Å²) in [6.07, 6.45) is -0.283. The molecule has 0 radical (unpaired) electrons. The van der Waals surface area contributed by atoms with Gasteiger partial charge in [0.2, 0.25) is 0 Å². The van der Waals surface area contributed by atoms with Gasteiger partial charge in [-0.25, -0.2) is 9.18 Å². The number of ether oxygens (including phenoxy) is 2. The van der Waals surface area contributed by atoms with E-state index in [1.807, 2.05) is 6.07 Å². The zero-order chi connectivity index (χ0) is 16.9. The Morgan fingerprint density at radius 1 is 1.17 bits per heavy atom. The van der Waals surface area contributed by atoms with Crippen LogP contribution in [0.4, 0.5) is 14.9 Å². The number of piperazine rings is 1. The summed E-state index contributed by atoms with van der Waals surface area (Å²) in [5.74, 6) is -0.178. The summed E-state index contributed by atoms with van der Waals surface area (Å²) in [6, 6.07) is 5.27. The van der Waals surface area contributed by atoms with Crippen molar-refractivity contribution in [3.05, 3.63) is 29.6 Å². The largest absolute Gasteiger partial charge is 0.453 e. The van der Waals surface area contributed by atoms with E-state index in [9.17, 15) is 9.18 Å². The van der Waals surface area contributed by atoms with E-state index in [0.29, 0.717) is 51.6 Å². The zero-order valence-corrected chi connectivity index (χ0v) is 14.0. The fourth-order valence-electron chi connectivity index (χ4n) is 3.29. The molecule has 2 fully saturated rings. The van der Waals surface area contributed by atoms with Gasteiger partial charge < -0.3 is 19.3 Å². The normalized spacial score (nSPS) is 19.4. The maximum atomic E-state index is 14.4. The van der Waals surface area contributed by atoms with Crippen LogP contribution in [0.15, 0.2) is 18.2 Å². The minimum Gasteiger partial charge on any atom is -0.453 e. The molecule has 0 bridgehead atoms. The van der Waals surface area contributed by atoms with E-state index in [0.717, 1.165) is 18.7 Å². The molecular formula is C17H24FN3O3. The van der Waals surface area contributed by atoms with E-state index < -0.39 is 0 Å². The van der Waals surface area contributed by atoms with Gasteiger partial charge in [-0.05, 0) is 11.6 Å². The lowest BCUT2D eigenvalue weighted by atomic mass is 10.1. The number of methoxy groups -OCH3 is 1. The van der Waals surface area contributed by atoms with Crippen molar-refractivity contribution in [2.45, 2.75) is 6.54 Å². The van der Waals surface area contributed by atoms with Gasteiger partial charge in [0.05, 0.1) is 26.0 Å². The number of rotatable bonds is 3. The van der Waals surface area contributed by atoms with Crippen molar-refractivity contribution in [2.75, 3.05) is 64.5 Å². The molecule has 0 aromatic heterocycles. The first-order chi connectivity index (χ1) is 11.7. The third-order valence-electron chi connectivity index (χ3n) is 4.60. The number of hydrogen-bond acceptors (Lipinski definition) is 5. The molecule has 1 aromatic carbocycles.